The minimum Gasteiger partial charge on any atom is -0.497 e. The van der Waals surface area contributed by atoms with E-state index in [4.69, 9.17) is 18.9 Å². The molecule has 1 aliphatic rings. The molecule has 1 fully saturated rings. The van der Waals surface area contributed by atoms with E-state index in [9.17, 15) is 0 Å². The van der Waals surface area contributed by atoms with Gasteiger partial charge in [0.2, 0.25) is 0 Å². The van der Waals surface area contributed by atoms with Crippen LogP contribution in [0.15, 0.2) is 18.2 Å². The standard InChI is InChI=1S/C12H16O4/c1-13-10-3-4-11(14-2)9(7-10)8-12-15-5-6-16-12/h3-4,7,12H,5-6,8H2,1-2H3. The molecule has 0 atom stereocenters. The fraction of sp³-hybridized carbons (Fsp3) is 0.500. The molecule has 16 heavy (non-hydrogen) atoms. The lowest BCUT2D eigenvalue weighted by atomic mass is 10.1. The Labute approximate surface area is 95.1 Å². The summed E-state index contributed by atoms with van der Waals surface area (Å²) in [7, 11) is 3.30. The van der Waals surface area contributed by atoms with Gasteiger partial charge in [0.1, 0.15) is 11.5 Å². The van der Waals surface area contributed by atoms with Crippen molar-refractivity contribution in [3.8, 4) is 11.5 Å². The average Bonchev–Trinajstić information content (AvgIpc) is 2.82. The molecule has 0 aliphatic carbocycles. The first-order chi connectivity index (χ1) is 7.83. The summed E-state index contributed by atoms with van der Waals surface area (Å²) in [5.41, 5.74) is 1.04. The number of rotatable bonds is 4. The van der Waals surface area contributed by atoms with Gasteiger partial charge in [-0.1, -0.05) is 0 Å². The first-order valence-corrected chi connectivity index (χ1v) is 5.27. The quantitative estimate of drug-likeness (QED) is 0.778. The Morgan fingerprint density at radius 3 is 2.56 bits per heavy atom. The average molecular weight is 224 g/mol. The molecule has 0 aromatic heterocycles. The van der Waals surface area contributed by atoms with E-state index in [-0.39, 0.29) is 6.29 Å². The van der Waals surface area contributed by atoms with Crippen LogP contribution in [0.4, 0.5) is 0 Å². The Hall–Kier alpha value is -1.26. The van der Waals surface area contributed by atoms with Crippen LogP contribution in [-0.4, -0.2) is 33.7 Å². The molecule has 1 aromatic rings. The van der Waals surface area contributed by atoms with Crippen molar-refractivity contribution in [3.05, 3.63) is 23.8 Å². The van der Waals surface area contributed by atoms with E-state index in [1.54, 1.807) is 14.2 Å². The molecular formula is C12H16O4. The Morgan fingerprint density at radius 1 is 1.19 bits per heavy atom. The first-order valence-electron chi connectivity index (χ1n) is 5.27. The molecule has 0 bridgehead atoms. The highest BCUT2D eigenvalue weighted by molar-refractivity contribution is 5.40. The third-order valence-electron chi connectivity index (χ3n) is 2.56. The van der Waals surface area contributed by atoms with Crippen molar-refractivity contribution in [1.29, 1.82) is 0 Å². The summed E-state index contributed by atoms with van der Waals surface area (Å²) in [6.45, 7) is 1.33. The highest BCUT2D eigenvalue weighted by Gasteiger charge is 2.18. The highest BCUT2D eigenvalue weighted by atomic mass is 16.7. The third-order valence-corrected chi connectivity index (χ3v) is 2.56. The van der Waals surface area contributed by atoms with Crippen LogP contribution in [0.3, 0.4) is 0 Å². The molecule has 1 saturated heterocycles. The lowest BCUT2D eigenvalue weighted by molar-refractivity contribution is -0.0403. The van der Waals surface area contributed by atoms with Crippen molar-refractivity contribution in [3.63, 3.8) is 0 Å². The molecule has 0 saturated carbocycles. The van der Waals surface area contributed by atoms with Crippen LogP contribution in [-0.2, 0) is 15.9 Å². The minimum atomic E-state index is -0.166. The van der Waals surface area contributed by atoms with Gasteiger partial charge < -0.3 is 18.9 Å². The van der Waals surface area contributed by atoms with Crippen molar-refractivity contribution in [2.75, 3.05) is 27.4 Å². The van der Waals surface area contributed by atoms with E-state index in [2.05, 4.69) is 0 Å². The summed E-state index contributed by atoms with van der Waals surface area (Å²) < 4.78 is 21.3. The van der Waals surface area contributed by atoms with Crippen molar-refractivity contribution >= 4 is 0 Å². The zero-order valence-electron chi connectivity index (χ0n) is 9.56. The van der Waals surface area contributed by atoms with Crippen LogP contribution in [0.25, 0.3) is 0 Å². The molecule has 4 heteroatoms. The van der Waals surface area contributed by atoms with Crippen molar-refractivity contribution < 1.29 is 18.9 Å². The maximum Gasteiger partial charge on any atom is 0.161 e. The normalized spacial score (nSPS) is 16.4. The van der Waals surface area contributed by atoms with Gasteiger partial charge in [-0.2, -0.15) is 0 Å². The summed E-state index contributed by atoms with van der Waals surface area (Å²) in [5.74, 6) is 1.65. The van der Waals surface area contributed by atoms with Crippen molar-refractivity contribution in [2.24, 2.45) is 0 Å². The molecule has 4 nitrogen and oxygen atoms in total. The molecule has 1 aromatic carbocycles. The zero-order chi connectivity index (χ0) is 11.4. The topological polar surface area (TPSA) is 36.9 Å². The fourth-order valence-corrected chi connectivity index (χ4v) is 1.75. The number of ether oxygens (including phenoxy) is 4. The SMILES string of the molecule is COc1ccc(OC)c(CC2OCCO2)c1. The predicted octanol–water partition coefficient (Wildman–Crippen LogP) is 1.62. The second-order valence-electron chi connectivity index (χ2n) is 3.55. The van der Waals surface area contributed by atoms with Gasteiger partial charge in [-0.3, -0.25) is 0 Å². The Kier molecular flexibility index (Phi) is 3.64. The van der Waals surface area contributed by atoms with Gasteiger partial charge in [0.15, 0.2) is 6.29 Å². The zero-order valence-corrected chi connectivity index (χ0v) is 9.56. The number of methoxy groups -OCH3 is 2. The van der Waals surface area contributed by atoms with Gasteiger partial charge in [0, 0.05) is 12.0 Å². The fourth-order valence-electron chi connectivity index (χ4n) is 1.75. The lowest BCUT2D eigenvalue weighted by Crippen LogP contribution is -2.12. The van der Waals surface area contributed by atoms with E-state index in [0.29, 0.717) is 19.6 Å². The monoisotopic (exact) mass is 224 g/mol. The Balaban J connectivity index is 2.15. The molecule has 0 radical (unpaired) electrons. The Bertz CT molecular complexity index is 345. The van der Waals surface area contributed by atoms with Gasteiger partial charge in [-0.25, -0.2) is 0 Å². The van der Waals surface area contributed by atoms with Gasteiger partial charge in [0.05, 0.1) is 27.4 Å². The van der Waals surface area contributed by atoms with E-state index in [0.717, 1.165) is 17.1 Å². The van der Waals surface area contributed by atoms with Crippen LogP contribution < -0.4 is 9.47 Å². The van der Waals surface area contributed by atoms with Crippen LogP contribution >= 0.6 is 0 Å². The van der Waals surface area contributed by atoms with Crippen LogP contribution in [0.5, 0.6) is 11.5 Å². The summed E-state index contributed by atoms with van der Waals surface area (Å²) in [4.78, 5) is 0. The molecule has 0 N–H and O–H groups in total. The number of hydrogen-bond acceptors (Lipinski definition) is 4. The molecule has 0 amide bonds. The van der Waals surface area contributed by atoms with Crippen molar-refractivity contribution in [2.45, 2.75) is 12.7 Å². The molecule has 2 rings (SSSR count). The number of benzene rings is 1. The molecule has 88 valence electrons. The Morgan fingerprint density at radius 2 is 1.94 bits per heavy atom. The molecule has 0 unspecified atom stereocenters. The van der Waals surface area contributed by atoms with E-state index in [1.807, 2.05) is 18.2 Å². The van der Waals surface area contributed by atoms with Crippen LogP contribution in [0.2, 0.25) is 0 Å². The third kappa shape index (κ3) is 2.46. The number of hydrogen-bond donors (Lipinski definition) is 0. The maximum atomic E-state index is 5.41. The maximum absolute atomic E-state index is 5.41. The molecule has 1 aliphatic heterocycles. The van der Waals surface area contributed by atoms with Gasteiger partial charge in [-0.15, -0.1) is 0 Å². The van der Waals surface area contributed by atoms with Crippen LogP contribution in [0, 0.1) is 0 Å². The van der Waals surface area contributed by atoms with E-state index in [1.165, 1.54) is 0 Å². The van der Waals surface area contributed by atoms with Crippen molar-refractivity contribution in [1.82, 2.24) is 0 Å². The molecular weight excluding hydrogens is 208 g/mol. The molecule has 1 heterocycles. The smallest absolute Gasteiger partial charge is 0.161 e. The second-order valence-corrected chi connectivity index (χ2v) is 3.55. The predicted molar refractivity (Wildman–Crippen MR) is 58.9 cm³/mol. The largest absolute Gasteiger partial charge is 0.497 e. The minimum absolute atomic E-state index is 0.166. The summed E-state index contributed by atoms with van der Waals surface area (Å²) in [6, 6.07) is 5.71. The highest BCUT2D eigenvalue weighted by Crippen LogP contribution is 2.26. The van der Waals surface area contributed by atoms with Gasteiger partial charge in [-0.05, 0) is 18.2 Å². The summed E-state index contributed by atoms with van der Waals surface area (Å²) >= 11 is 0. The molecule has 0 spiro atoms. The second kappa shape index (κ2) is 5.18. The summed E-state index contributed by atoms with van der Waals surface area (Å²) in [5, 5.41) is 0. The van der Waals surface area contributed by atoms with Gasteiger partial charge >= 0.3 is 0 Å². The summed E-state index contributed by atoms with van der Waals surface area (Å²) in [6.07, 6.45) is 0.515. The van der Waals surface area contributed by atoms with E-state index >= 15 is 0 Å². The van der Waals surface area contributed by atoms with E-state index < -0.39 is 0 Å². The van der Waals surface area contributed by atoms with Crippen LogP contribution in [0.1, 0.15) is 5.56 Å². The first kappa shape index (κ1) is 11.2. The lowest BCUT2D eigenvalue weighted by Gasteiger charge is -2.13. The van der Waals surface area contributed by atoms with Gasteiger partial charge in [0.25, 0.3) is 0 Å².